The van der Waals surface area contributed by atoms with Crippen LogP contribution < -0.4 is 10.5 Å². The van der Waals surface area contributed by atoms with E-state index in [4.69, 9.17) is 19.4 Å². The molecule has 0 spiro atoms. The van der Waals surface area contributed by atoms with Gasteiger partial charge in [-0.3, -0.25) is 0 Å². The number of hydrogen-bond donors (Lipinski definition) is 2. The van der Waals surface area contributed by atoms with Crippen molar-refractivity contribution in [3.63, 3.8) is 0 Å². The van der Waals surface area contributed by atoms with Crippen molar-refractivity contribution in [2.24, 2.45) is 0 Å². The Morgan fingerprint density at radius 3 is 2.55 bits per heavy atom. The van der Waals surface area contributed by atoms with Crippen LogP contribution in [-0.4, -0.2) is 27.5 Å². The summed E-state index contributed by atoms with van der Waals surface area (Å²) in [5, 5.41) is 0. The van der Waals surface area contributed by atoms with Crippen LogP contribution in [0.5, 0.6) is 0 Å². The van der Waals surface area contributed by atoms with Crippen LogP contribution in [0.4, 0.5) is 5.69 Å². The third-order valence-electron chi connectivity index (χ3n) is 2.83. The Bertz CT molecular complexity index is 587. The van der Waals surface area contributed by atoms with Gasteiger partial charge in [0.15, 0.2) is 5.79 Å². The maximum atomic E-state index is 11.5. The minimum absolute atomic E-state index is 0.481. The third kappa shape index (κ3) is 3.28. The summed E-state index contributed by atoms with van der Waals surface area (Å²) in [5.74, 6) is -0.971. The molecule has 2 unspecified atom stereocenters. The molecule has 2 rings (SSSR count). The van der Waals surface area contributed by atoms with Crippen LogP contribution in [-0.2, 0) is 24.0 Å². The molecule has 0 aromatic heterocycles. The summed E-state index contributed by atoms with van der Waals surface area (Å²) < 4.78 is 41.3. The topological polar surface area (TPSA) is 99.9 Å². The monoisotopic (exact) mass is 302 g/mol. The van der Waals surface area contributed by atoms with Crippen molar-refractivity contribution in [3.05, 3.63) is 29.8 Å². The van der Waals surface area contributed by atoms with E-state index in [0.29, 0.717) is 11.3 Å². The molecule has 3 N–H and O–H groups in total. The summed E-state index contributed by atoms with van der Waals surface area (Å²) in [6.45, 7) is 3.35. The molecule has 0 saturated carbocycles. The predicted octanol–water partition coefficient (Wildman–Crippen LogP) is 0.900. The van der Waals surface area contributed by atoms with Crippen LogP contribution in [0.3, 0.4) is 0 Å². The molecule has 7 nitrogen and oxygen atoms in total. The minimum atomic E-state index is -3.90. The maximum Gasteiger partial charge on any atom is 0.338 e. The van der Waals surface area contributed by atoms with Crippen LogP contribution in [0, 0.1) is 0 Å². The zero-order valence-electron chi connectivity index (χ0n) is 11.5. The molecule has 0 bridgehead atoms. The molecule has 1 fully saturated rings. The van der Waals surface area contributed by atoms with Gasteiger partial charge >= 0.3 is 10.3 Å². The standard InChI is InChI=1S/C12H18N2O5S/c1-12(2)17-10(8-6-4-5-7-9(8)13)11(18-12)19-20(15,16)14-3/h4-7,10-11,14H,13H2,1-3H3. The first kappa shape index (κ1) is 15.2. The molecule has 8 heteroatoms. The van der Waals surface area contributed by atoms with Gasteiger partial charge in [-0.1, -0.05) is 18.2 Å². The number of hydrogen-bond acceptors (Lipinski definition) is 6. The summed E-state index contributed by atoms with van der Waals surface area (Å²) in [6, 6.07) is 7.00. The second-order valence-corrected chi connectivity index (χ2v) is 6.32. The van der Waals surface area contributed by atoms with Gasteiger partial charge in [0.05, 0.1) is 0 Å². The van der Waals surface area contributed by atoms with Crippen LogP contribution in [0.1, 0.15) is 25.5 Å². The number of nitrogen functional groups attached to an aromatic ring is 1. The van der Waals surface area contributed by atoms with Crippen molar-refractivity contribution in [1.29, 1.82) is 0 Å². The zero-order valence-corrected chi connectivity index (χ0v) is 12.3. The summed E-state index contributed by atoms with van der Waals surface area (Å²) in [4.78, 5) is 0. The molecule has 2 atom stereocenters. The van der Waals surface area contributed by atoms with E-state index in [1.54, 1.807) is 38.1 Å². The molecule has 112 valence electrons. The summed E-state index contributed by atoms with van der Waals surface area (Å²) in [6.07, 6.45) is -1.83. The van der Waals surface area contributed by atoms with E-state index < -0.39 is 28.5 Å². The second kappa shape index (κ2) is 5.30. The SMILES string of the molecule is CNS(=O)(=O)OC1OC(C)(C)OC1c1ccccc1N. The van der Waals surface area contributed by atoms with Crippen molar-refractivity contribution in [3.8, 4) is 0 Å². The number of benzene rings is 1. The first-order valence-corrected chi connectivity index (χ1v) is 7.47. The lowest BCUT2D eigenvalue weighted by Crippen LogP contribution is -2.31. The van der Waals surface area contributed by atoms with Gasteiger partial charge in [-0.05, 0) is 19.9 Å². The number of nitrogens with one attached hydrogen (secondary N) is 1. The van der Waals surface area contributed by atoms with Crippen LogP contribution in [0.15, 0.2) is 24.3 Å². The highest BCUT2D eigenvalue weighted by Gasteiger charge is 2.45. The highest BCUT2D eigenvalue weighted by Crippen LogP contribution is 2.40. The van der Waals surface area contributed by atoms with E-state index in [1.807, 2.05) is 0 Å². The van der Waals surface area contributed by atoms with E-state index in [9.17, 15) is 8.42 Å². The smallest absolute Gasteiger partial charge is 0.338 e. The number of rotatable bonds is 4. The highest BCUT2D eigenvalue weighted by atomic mass is 32.2. The van der Waals surface area contributed by atoms with Crippen molar-refractivity contribution in [1.82, 2.24) is 4.72 Å². The molecule has 0 radical (unpaired) electrons. The zero-order chi connectivity index (χ0) is 15.0. The van der Waals surface area contributed by atoms with E-state index in [-0.39, 0.29) is 0 Å². The van der Waals surface area contributed by atoms with Crippen molar-refractivity contribution < 1.29 is 22.1 Å². The van der Waals surface area contributed by atoms with Crippen molar-refractivity contribution in [2.75, 3.05) is 12.8 Å². The number of ether oxygens (including phenoxy) is 2. The predicted molar refractivity (Wildman–Crippen MR) is 72.7 cm³/mol. The van der Waals surface area contributed by atoms with Gasteiger partial charge in [0.25, 0.3) is 0 Å². The maximum absolute atomic E-state index is 11.5. The Morgan fingerprint density at radius 1 is 1.30 bits per heavy atom. The van der Waals surface area contributed by atoms with E-state index in [0.717, 1.165) is 0 Å². The molecule has 1 saturated heterocycles. The molecule has 0 amide bonds. The molecule has 0 aliphatic carbocycles. The fraction of sp³-hybridized carbons (Fsp3) is 0.500. The van der Waals surface area contributed by atoms with Crippen molar-refractivity contribution >= 4 is 16.0 Å². The average Bonchev–Trinajstić information content (AvgIpc) is 2.64. The van der Waals surface area contributed by atoms with Gasteiger partial charge in [-0.2, -0.15) is 13.1 Å². The summed E-state index contributed by atoms with van der Waals surface area (Å²) >= 11 is 0. The Labute approximate surface area is 118 Å². The molecule has 1 aliphatic heterocycles. The van der Waals surface area contributed by atoms with Gasteiger partial charge in [-0.15, -0.1) is 0 Å². The van der Waals surface area contributed by atoms with E-state index >= 15 is 0 Å². The fourth-order valence-corrected chi connectivity index (χ4v) is 2.44. The average molecular weight is 302 g/mol. The highest BCUT2D eigenvalue weighted by molar-refractivity contribution is 7.84. The Kier molecular flexibility index (Phi) is 4.03. The van der Waals surface area contributed by atoms with Gasteiger partial charge in [0, 0.05) is 18.3 Å². The first-order chi connectivity index (χ1) is 9.24. The molecule has 20 heavy (non-hydrogen) atoms. The molecule has 1 aromatic rings. The molecule has 1 aliphatic rings. The Morgan fingerprint density at radius 2 is 1.95 bits per heavy atom. The van der Waals surface area contributed by atoms with Gasteiger partial charge in [0.2, 0.25) is 6.29 Å². The van der Waals surface area contributed by atoms with Crippen LogP contribution in [0.2, 0.25) is 0 Å². The lowest BCUT2D eigenvalue weighted by Gasteiger charge is -2.18. The molecular formula is C12H18N2O5S. The van der Waals surface area contributed by atoms with Crippen molar-refractivity contribution in [2.45, 2.75) is 32.0 Å². The molecular weight excluding hydrogens is 284 g/mol. The lowest BCUT2D eigenvalue weighted by atomic mass is 10.1. The first-order valence-electron chi connectivity index (χ1n) is 6.06. The largest absolute Gasteiger partial charge is 0.398 e. The second-order valence-electron chi connectivity index (χ2n) is 4.81. The quantitative estimate of drug-likeness (QED) is 0.802. The Hall–Kier alpha value is -1.19. The minimum Gasteiger partial charge on any atom is -0.398 e. The van der Waals surface area contributed by atoms with Crippen LogP contribution in [0.25, 0.3) is 0 Å². The molecule has 1 aromatic carbocycles. The lowest BCUT2D eigenvalue weighted by molar-refractivity contribution is -0.167. The number of anilines is 1. The van der Waals surface area contributed by atoms with Crippen LogP contribution >= 0.6 is 0 Å². The van der Waals surface area contributed by atoms with Gasteiger partial charge in [0.1, 0.15) is 6.10 Å². The number of para-hydroxylation sites is 1. The van der Waals surface area contributed by atoms with Gasteiger partial charge < -0.3 is 15.2 Å². The fourth-order valence-electron chi connectivity index (χ4n) is 1.95. The van der Waals surface area contributed by atoms with Gasteiger partial charge in [-0.25, -0.2) is 4.18 Å². The third-order valence-corrected chi connectivity index (χ3v) is 3.78. The van der Waals surface area contributed by atoms with E-state index in [2.05, 4.69) is 4.72 Å². The molecule has 1 heterocycles. The normalized spacial score (nSPS) is 25.8. The summed E-state index contributed by atoms with van der Waals surface area (Å²) in [7, 11) is -2.65. The number of nitrogens with two attached hydrogens (primary N) is 1. The summed E-state index contributed by atoms with van der Waals surface area (Å²) in [5.41, 5.74) is 6.99. The van der Waals surface area contributed by atoms with E-state index in [1.165, 1.54) is 7.05 Å². The Balaban J connectivity index is 2.32.